The van der Waals surface area contributed by atoms with Crippen LogP contribution < -0.4 is 0 Å². The fraction of sp³-hybridized carbons (Fsp3) is 0.400. The third kappa shape index (κ3) is 13.1. The van der Waals surface area contributed by atoms with Crippen LogP contribution >= 0.6 is 0 Å². The zero-order chi connectivity index (χ0) is 11.6. The van der Waals surface area contributed by atoms with Gasteiger partial charge in [0.1, 0.15) is 0 Å². The first kappa shape index (κ1) is 14.1. The van der Waals surface area contributed by atoms with Crippen molar-refractivity contribution in [1.82, 2.24) is 0 Å². The summed E-state index contributed by atoms with van der Waals surface area (Å²) in [6.45, 7) is 3.54. The van der Waals surface area contributed by atoms with Gasteiger partial charge in [0.15, 0.2) is 0 Å². The SMILES string of the molecule is C=CC/C=C\C/C=C\CCOS(=O)(=O)O. The Bertz CT molecular complexity index is 314. The zero-order valence-corrected chi connectivity index (χ0v) is 9.32. The Morgan fingerprint density at radius 2 is 1.73 bits per heavy atom. The van der Waals surface area contributed by atoms with Gasteiger partial charge in [-0.15, -0.1) is 6.58 Å². The molecule has 5 heteroatoms. The molecule has 1 N–H and O–H groups in total. The van der Waals surface area contributed by atoms with E-state index in [0.717, 1.165) is 12.8 Å². The lowest BCUT2D eigenvalue weighted by molar-refractivity contribution is 0.273. The third-order valence-corrected chi connectivity index (χ3v) is 1.89. The second-order valence-electron chi connectivity index (χ2n) is 2.74. The Kier molecular flexibility index (Phi) is 7.89. The maximum atomic E-state index is 10.1. The predicted molar refractivity (Wildman–Crippen MR) is 59.8 cm³/mol. The van der Waals surface area contributed by atoms with Gasteiger partial charge in [-0.2, -0.15) is 8.42 Å². The number of rotatable bonds is 8. The average molecular weight is 232 g/mol. The molecule has 0 aliphatic rings. The van der Waals surface area contributed by atoms with Gasteiger partial charge in [-0.05, 0) is 19.3 Å². The topological polar surface area (TPSA) is 63.6 Å². The first-order valence-electron chi connectivity index (χ1n) is 4.59. The minimum Gasteiger partial charge on any atom is -0.264 e. The molecule has 0 saturated carbocycles. The van der Waals surface area contributed by atoms with Crippen LogP contribution in [0.2, 0.25) is 0 Å². The van der Waals surface area contributed by atoms with Crippen molar-refractivity contribution in [2.24, 2.45) is 0 Å². The summed E-state index contributed by atoms with van der Waals surface area (Å²) in [5.74, 6) is 0. The van der Waals surface area contributed by atoms with Gasteiger partial charge in [0, 0.05) is 0 Å². The van der Waals surface area contributed by atoms with Crippen molar-refractivity contribution in [3.63, 3.8) is 0 Å². The maximum Gasteiger partial charge on any atom is 0.397 e. The quantitative estimate of drug-likeness (QED) is 0.396. The molecule has 86 valence electrons. The number of hydrogen-bond donors (Lipinski definition) is 1. The average Bonchev–Trinajstić information content (AvgIpc) is 2.14. The normalized spacial score (nSPS) is 12.6. The fourth-order valence-electron chi connectivity index (χ4n) is 0.803. The largest absolute Gasteiger partial charge is 0.397 e. The van der Waals surface area contributed by atoms with Gasteiger partial charge in [-0.25, -0.2) is 4.18 Å². The molecule has 0 heterocycles. The summed E-state index contributed by atoms with van der Waals surface area (Å²) in [4.78, 5) is 0. The second kappa shape index (κ2) is 8.40. The summed E-state index contributed by atoms with van der Waals surface area (Å²) in [5, 5.41) is 0. The number of hydrogen-bond acceptors (Lipinski definition) is 3. The number of allylic oxidation sites excluding steroid dienone is 4. The molecule has 0 fully saturated rings. The van der Waals surface area contributed by atoms with E-state index in [0.29, 0.717) is 6.42 Å². The van der Waals surface area contributed by atoms with E-state index >= 15 is 0 Å². The molecular formula is C10H16O4S. The molecule has 0 aromatic carbocycles. The van der Waals surface area contributed by atoms with Crippen LogP contribution in [0.1, 0.15) is 19.3 Å². The molecular weight excluding hydrogens is 216 g/mol. The molecule has 0 aromatic heterocycles. The zero-order valence-electron chi connectivity index (χ0n) is 8.50. The van der Waals surface area contributed by atoms with Crippen LogP contribution in [-0.4, -0.2) is 19.6 Å². The fourth-order valence-corrected chi connectivity index (χ4v) is 1.11. The van der Waals surface area contributed by atoms with Crippen molar-refractivity contribution >= 4 is 10.4 Å². The van der Waals surface area contributed by atoms with E-state index in [2.05, 4.69) is 10.8 Å². The van der Waals surface area contributed by atoms with Gasteiger partial charge in [0.25, 0.3) is 0 Å². The van der Waals surface area contributed by atoms with Crippen LogP contribution in [0.5, 0.6) is 0 Å². The van der Waals surface area contributed by atoms with Gasteiger partial charge in [-0.3, -0.25) is 4.55 Å². The van der Waals surface area contributed by atoms with Crippen LogP contribution in [0.3, 0.4) is 0 Å². The highest BCUT2D eigenvalue weighted by Crippen LogP contribution is 1.94. The van der Waals surface area contributed by atoms with Crippen molar-refractivity contribution < 1.29 is 17.2 Å². The minimum absolute atomic E-state index is 0.0360. The van der Waals surface area contributed by atoms with Crippen molar-refractivity contribution in [3.05, 3.63) is 37.0 Å². The smallest absolute Gasteiger partial charge is 0.264 e. The van der Waals surface area contributed by atoms with E-state index in [1.54, 1.807) is 12.2 Å². The van der Waals surface area contributed by atoms with E-state index in [4.69, 9.17) is 4.55 Å². The van der Waals surface area contributed by atoms with Crippen molar-refractivity contribution in [2.45, 2.75) is 19.3 Å². The lowest BCUT2D eigenvalue weighted by Gasteiger charge is -1.94. The van der Waals surface area contributed by atoms with Crippen LogP contribution in [-0.2, 0) is 14.6 Å². The lowest BCUT2D eigenvalue weighted by Crippen LogP contribution is -2.03. The monoisotopic (exact) mass is 232 g/mol. The Labute approximate surface area is 90.9 Å². The summed E-state index contributed by atoms with van der Waals surface area (Å²) in [7, 11) is -4.29. The third-order valence-electron chi connectivity index (χ3n) is 1.43. The van der Waals surface area contributed by atoms with E-state index in [1.165, 1.54) is 0 Å². The molecule has 0 saturated heterocycles. The summed E-state index contributed by atoms with van der Waals surface area (Å²) in [6, 6.07) is 0. The second-order valence-corrected chi connectivity index (χ2v) is 3.83. The Morgan fingerprint density at radius 1 is 1.13 bits per heavy atom. The van der Waals surface area contributed by atoms with Gasteiger partial charge in [-0.1, -0.05) is 30.4 Å². The molecule has 0 aliphatic heterocycles. The summed E-state index contributed by atoms with van der Waals surface area (Å²) in [6.07, 6.45) is 11.6. The first-order valence-corrected chi connectivity index (χ1v) is 5.95. The summed E-state index contributed by atoms with van der Waals surface area (Å²) < 4.78 is 32.6. The molecule has 0 aromatic rings. The van der Waals surface area contributed by atoms with E-state index in [9.17, 15) is 8.42 Å². The van der Waals surface area contributed by atoms with Gasteiger partial charge in [0.2, 0.25) is 0 Å². The maximum absolute atomic E-state index is 10.1. The van der Waals surface area contributed by atoms with Crippen molar-refractivity contribution in [2.75, 3.05) is 6.61 Å². The molecule has 0 atom stereocenters. The molecule has 0 radical (unpaired) electrons. The Morgan fingerprint density at radius 3 is 2.33 bits per heavy atom. The van der Waals surface area contributed by atoms with Crippen LogP contribution in [0.25, 0.3) is 0 Å². The standard InChI is InChI=1S/C10H16O4S/c1-2-3-4-5-6-7-8-9-10-14-15(11,12)13/h2,4-5,7-8H,1,3,6,9-10H2,(H,11,12,13)/b5-4-,8-7-. The van der Waals surface area contributed by atoms with Gasteiger partial charge < -0.3 is 0 Å². The van der Waals surface area contributed by atoms with Gasteiger partial charge >= 0.3 is 10.4 Å². The van der Waals surface area contributed by atoms with Gasteiger partial charge in [0.05, 0.1) is 6.61 Å². The molecule has 15 heavy (non-hydrogen) atoms. The van der Waals surface area contributed by atoms with Crippen LogP contribution in [0.15, 0.2) is 37.0 Å². The highest BCUT2D eigenvalue weighted by Gasteiger charge is 2.00. The Balaban J connectivity index is 3.44. The summed E-state index contributed by atoms with van der Waals surface area (Å²) >= 11 is 0. The highest BCUT2D eigenvalue weighted by molar-refractivity contribution is 7.80. The molecule has 0 rings (SSSR count). The molecule has 0 aliphatic carbocycles. The van der Waals surface area contributed by atoms with E-state index < -0.39 is 10.4 Å². The molecule has 0 bridgehead atoms. The van der Waals surface area contributed by atoms with Crippen LogP contribution in [0.4, 0.5) is 0 Å². The first-order chi connectivity index (χ1) is 7.06. The Hall–Kier alpha value is -0.910. The predicted octanol–water partition coefficient (Wildman–Crippen LogP) is 2.27. The lowest BCUT2D eigenvalue weighted by atomic mass is 10.3. The van der Waals surface area contributed by atoms with E-state index in [1.807, 2.05) is 18.2 Å². The highest BCUT2D eigenvalue weighted by atomic mass is 32.3. The van der Waals surface area contributed by atoms with Crippen LogP contribution in [0, 0.1) is 0 Å². The van der Waals surface area contributed by atoms with E-state index in [-0.39, 0.29) is 6.61 Å². The molecule has 4 nitrogen and oxygen atoms in total. The molecule has 0 spiro atoms. The summed E-state index contributed by atoms with van der Waals surface area (Å²) in [5.41, 5.74) is 0. The minimum atomic E-state index is -4.29. The van der Waals surface area contributed by atoms with Crippen molar-refractivity contribution in [3.8, 4) is 0 Å². The molecule has 0 amide bonds. The van der Waals surface area contributed by atoms with Crippen molar-refractivity contribution in [1.29, 1.82) is 0 Å². The molecule has 0 unspecified atom stereocenters.